The van der Waals surface area contributed by atoms with E-state index in [0.717, 1.165) is 16.2 Å². The number of aliphatic carboxylic acids is 1. The summed E-state index contributed by atoms with van der Waals surface area (Å²) in [6.07, 6.45) is 0. The zero-order chi connectivity index (χ0) is 15.0. The number of Topliss-reactive ketones (excluding diaryl/α,β-unsaturated/α-hetero) is 1. The third-order valence-corrected chi connectivity index (χ3v) is 3.51. The summed E-state index contributed by atoms with van der Waals surface area (Å²) in [5.74, 6) is -4.01. The molecule has 0 saturated heterocycles. The summed E-state index contributed by atoms with van der Waals surface area (Å²) in [6, 6.07) is -0.650. The third kappa shape index (κ3) is 2.05. The SMILES string of the molecule is CN1C(=O)C(=O)C(C(=O)O)N=C1c1sccc1[N+](=O)[O-]. The highest BCUT2D eigenvalue weighted by Gasteiger charge is 2.41. The van der Waals surface area contributed by atoms with Crippen molar-refractivity contribution in [3.63, 3.8) is 0 Å². The van der Waals surface area contributed by atoms with Gasteiger partial charge in [-0.2, -0.15) is 0 Å². The predicted molar refractivity (Wildman–Crippen MR) is 66.7 cm³/mol. The van der Waals surface area contributed by atoms with Gasteiger partial charge in [-0.15, -0.1) is 11.3 Å². The minimum absolute atomic E-state index is 0.0320. The Morgan fingerprint density at radius 1 is 1.55 bits per heavy atom. The van der Waals surface area contributed by atoms with Crippen molar-refractivity contribution in [2.45, 2.75) is 6.04 Å². The highest BCUT2D eigenvalue weighted by atomic mass is 32.1. The van der Waals surface area contributed by atoms with E-state index in [1.807, 2.05) is 0 Å². The molecule has 1 aromatic rings. The van der Waals surface area contributed by atoms with Crippen LogP contribution in [-0.4, -0.2) is 51.5 Å². The number of hydrogen-bond acceptors (Lipinski definition) is 7. The molecule has 9 nitrogen and oxygen atoms in total. The first kappa shape index (κ1) is 13.8. The minimum Gasteiger partial charge on any atom is -0.479 e. The number of aliphatic imine (C=N–C) groups is 1. The molecule has 0 spiro atoms. The van der Waals surface area contributed by atoms with Gasteiger partial charge in [-0.25, -0.2) is 9.79 Å². The lowest BCUT2D eigenvalue weighted by atomic mass is 10.1. The number of nitrogens with zero attached hydrogens (tertiary/aromatic N) is 3. The first-order valence-corrected chi connectivity index (χ1v) is 6.07. The molecule has 1 aliphatic rings. The molecule has 0 radical (unpaired) electrons. The smallest absolute Gasteiger partial charge is 0.336 e. The van der Waals surface area contributed by atoms with Crippen molar-refractivity contribution < 1.29 is 24.4 Å². The Balaban J connectivity index is 2.59. The molecule has 1 unspecified atom stereocenters. The number of carboxylic acids is 1. The first-order valence-electron chi connectivity index (χ1n) is 5.19. The lowest BCUT2D eigenvalue weighted by molar-refractivity contribution is -0.384. The van der Waals surface area contributed by atoms with Crippen molar-refractivity contribution in [2.24, 2.45) is 4.99 Å². The lowest BCUT2D eigenvalue weighted by Crippen LogP contribution is -2.50. The van der Waals surface area contributed by atoms with Gasteiger partial charge in [-0.05, 0) is 5.38 Å². The maximum atomic E-state index is 11.7. The van der Waals surface area contributed by atoms with Crippen molar-refractivity contribution in [1.82, 2.24) is 4.90 Å². The van der Waals surface area contributed by atoms with Gasteiger partial charge in [0, 0.05) is 13.1 Å². The Kier molecular flexibility index (Phi) is 3.32. The van der Waals surface area contributed by atoms with E-state index in [-0.39, 0.29) is 16.4 Å². The fourth-order valence-corrected chi connectivity index (χ4v) is 2.53. The van der Waals surface area contributed by atoms with E-state index in [1.165, 1.54) is 18.5 Å². The molecule has 20 heavy (non-hydrogen) atoms. The molecule has 2 rings (SSSR count). The molecule has 10 heteroatoms. The second kappa shape index (κ2) is 4.81. The van der Waals surface area contributed by atoms with Gasteiger partial charge in [-0.1, -0.05) is 0 Å². The second-order valence-corrected chi connectivity index (χ2v) is 4.73. The summed E-state index contributed by atoms with van der Waals surface area (Å²) in [6.45, 7) is 0. The Morgan fingerprint density at radius 3 is 2.75 bits per heavy atom. The largest absolute Gasteiger partial charge is 0.479 e. The highest BCUT2D eigenvalue weighted by Crippen LogP contribution is 2.28. The maximum absolute atomic E-state index is 11.7. The van der Waals surface area contributed by atoms with Crippen LogP contribution in [-0.2, 0) is 14.4 Å². The van der Waals surface area contributed by atoms with Crippen LogP contribution < -0.4 is 0 Å². The molecule has 1 N–H and O–H groups in total. The average Bonchev–Trinajstić information content (AvgIpc) is 2.85. The molecule has 0 saturated carbocycles. The van der Waals surface area contributed by atoms with Crippen LogP contribution in [0.25, 0.3) is 0 Å². The van der Waals surface area contributed by atoms with Gasteiger partial charge >= 0.3 is 5.97 Å². The molecule has 1 aromatic heterocycles. The Morgan fingerprint density at radius 2 is 2.20 bits per heavy atom. The lowest BCUT2D eigenvalue weighted by Gasteiger charge is -2.24. The molecule has 0 bridgehead atoms. The molecule has 0 aliphatic carbocycles. The van der Waals surface area contributed by atoms with Crippen molar-refractivity contribution >= 4 is 40.5 Å². The first-order chi connectivity index (χ1) is 9.34. The normalized spacial score (nSPS) is 18.9. The van der Waals surface area contributed by atoms with Gasteiger partial charge < -0.3 is 5.11 Å². The number of nitro groups is 1. The van der Waals surface area contributed by atoms with Crippen LogP contribution >= 0.6 is 11.3 Å². The summed E-state index contributed by atoms with van der Waals surface area (Å²) in [5, 5.41) is 21.2. The third-order valence-electron chi connectivity index (χ3n) is 2.61. The van der Waals surface area contributed by atoms with Gasteiger partial charge in [0.1, 0.15) is 4.88 Å². The summed E-state index contributed by atoms with van der Waals surface area (Å²) in [7, 11) is 1.21. The van der Waals surface area contributed by atoms with E-state index in [2.05, 4.69) is 4.99 Å². The minimum atomic E-state index is -1.87. The number of amidine groups is 1. The van der Waals surface area contributed by atoms with Crippen LogP contribution in [0, 0.1) is 10.1 Å². The molecular formula is C10H7N3O6S. The van der Waals surface area contributed by atoms with Crippen molar-refractivity contribution in [2.75, 3.05) is 7.05 Å². The molecule has 1 amide bonds. The van der Waals surface area contributed by atoms with Crippen LogP contribution in [0.1, 0.15) is 4.88 Å². The number of carbonyl (C=O) groups excluding carboxylic acids is 2. The number of carboxylic acid groups (broad SMARTS) is 1. The number of hydrogen-bond donors (Lipinski definition) is 1. The molecule has 0 fully saturated rings. The number of rotatable bonds is 3. The topological polar surface area (TPSA) is 130 Å². The summed E-state index contributed by atoms with van der Waals surface area (Å²) in [5.41, 5.74) is -0.299. The fraction of sp³-hybridized carbons (Fsp3) is 0.200. The average molecular weight is 297 g/mol. The van der Waals surface area contributed by atoms with Gasteiger partial charge in [0.15, 0.2) is 5.84 Å². The monoisotopic (exact) mass is 297 g/mol. The summed E-state index contributed by atoms with van der Waals surface area (Å²) < 4.78 is 0. The van der Waals surface area contributed by atoms with Gasteiger partial charge in [0.25, 0.3) is 17.4 Å². The summed E-state index contributed by atoms with van der Waals surface area (Å²) in [4.78, 5) is 48.8. The van der Waals surface area contributed by atoms with Gasteiger partial charge in [0.2, 0.25) is 6.04 Å². The van der Waals surface area contributed by atoms with E-state index < -0.39 is 28.6 Å². The van der Waals surface area contributed by atoms with Crippen LogP contribution in [0.4, 0.5) is 5.69 Å². The molecule has 0 aromatic carbocycles. The molecule has 104 valence electrons. The Hall–Kier alpha value is -2.62. The molecule has 2 heterocycles. The standard InChI is InChI=1S/C10H7N3O6S/c1-12-8(7-4(13(18)19)2-3-20-7)11-5(10(16)17)6(14)9(12)15/h2-3,5H,1H3,(H,16,17). The number of amides is 1. The number of thiophene rings is 1. The molecular weight excluding hydrogens is 290 g/mol. The summed E-state index contributed by atoms with van der Waals surface area (Å²) >= 11 is 0.935. The number of carbonyl (C=O) groups is 3. The zero-order valence-corrected chi connectivity index (χ0v) is 10.8. The highest BCUT2D eigenvalue weighted by molar-refractivity contribution is 7.12. The van der Waals surface area contributed by atoms with E-state index in [4.69, 9.17) is 5.11 Å². The Bertz CT molecular complexity index is 664. The molecule has 1 aliphatic heterocycles. The van der Waals surface area contributed by atoms with Gasteiger partial charge in [-0.3, -0.25) is 24.6 Å². The maximum Gasteiger partial charge on any atom is 0.336 e. The zero-order valence-electron chi connectivity index (χ0n) is 9.97. The van der Waals surface area contributed by atoms with Crippen LogP contribution in [0.15, 0.2) is 16.4 Å². The number of likely N-dealkylation sites (N-methyl/N-ethyl adjacent to an activating group) is 1. The number of ketones is 1. The van der Waals surface area contributed by atoms with Gasteiger partial charge in [0.05, 0.1) is 4.92 Å². The van der Waals surface area contributed by atoms with Crippen molar-refractivity contribution in [3.8, 4) is 0 Å². The predicted octanol–water partition coefficient (Wildman–Crippen LogP) is -0.103. The quantitative estimate of drug-likeness (QED) is 0.359. The van der Waals surface area contributed by atoms with Crippen LogP contribution in [0.3, 0.4) is 0 Å². The van der Waals surface area contributed by atoms with Crippen molar-refractivity contribution in [3.05, 3.63) is 26.4 Å². The van der Waals surface area contributed by atoms with E-state index in [9.17, 15) is 24.5 Å². The van der Waals surface area contributed by atoms with E-state index in [0.29, 0.717) is 0 Å². The van der Waals surface area contributed by atoms with Crippen LogP contribution in [0.2, 0.25) is 0 Å². The Labute approximate surface area is 115 Å². The second-order valence-electron chi connectivity index (χ2n) is 3.81. The fourth-order valence-electron chi connectivity index (χ4n) is 1.64. The van der Waals surface area contributed by atoms with E-state index in [1.54, 1.807) is 0 Å². The molecule has 1 atom stereocenters. The van der Waals surface area contributed by atoms with Crippen LogP contribution in [0.5, 0.6) is 0 Å². The van der Waals surface area contributed by atoms with Crippen molar-refractivity contribution in [1.29, 1.82) is 0 Å². The van der Waals surface area contributed by atoms with E-state index >= 15 is 0 Å².